The zero-order valence-electron chi connectivity index (χ0n) is 11.3. The molecule has 0 atom stereocenters. The average Bonchev–Trinajstić information content (AvgIpc) is 2.44. The number of aliphatic hydroxyl groups excluding tert-OH is 1. The third kappa shape index (κ3) is 2.93. The molecule has 0 saturated carbocycles. The molecule has 2 N–H and O–H groups in total. The molecule has 100 valence electrons. The van der Waals surface area contributed by atoms with E-state index in [0.29, 0.717) is 6.54 Å². The molecule has 0 heterocycles. The molecule has 0 aromatic heterocycles. The molecule has 0 radical (unpaired) electrons. The maximum absolute atomic E-state index is 11.2. The first kappa shape index (κ1) is 13.6. The third-order valence-electron chi connectivity index (χ3n) is 3.39. The molecule has 0 aliphatic rings. The molecule has 2 rings (SSSR count). The van der Waals surface area contributed by atoms with Crippen molar-refractivity contribution in [1.82, 2.24) is 5.32 Å². The van der Waals surface area contributed by atoms with E-state index in [-0.39, 0.29) is 11.3 Å². The first-order valence-electron chi connectivity index (χ1n) is 6.40. The second-order valence-corrected chi connectivity index (χ2v) is 5.35. The van der Waals surface area contributed by atoms with Crippen LogP contribution < -0.4 is 5.32 Å². The van der Waals surface area contributed by atoms with Crippen LogP contribution in [0.4, 0.5) is 0 Å². The van der Waals surface area contributed by atoms with Gasteiger partial charge in [-0.05, 0) is 16.3 Å². The summed E-state index contributed by atoms with van der Waals surface area (Å²) in [5.74, 6) is -0.340. The molecule has 1 amide bonds. The maximum Gasteiger partial charge on any atom is 0.245 e. The number of rotatable bonds is 4. The summed E-state index contributed by atoms with van der Waals surface area (Å²) >= 11 is 0. The second kappa shape index (κ2) is 5.41. The molecular formula is C16H19NO2. The highest BCUT2D eigenvalue weighted by Gasteiger charge is 2.23. The average molecular weight is 257 g/mol. The Labute approximate surface area is 113 Å². The lowest BCUT2D eigenvalue weighted by Gasteiger charge is -2.27. The fourth-order valence-corrected chi connectivity index (χ4v) is 2.29. The highest BCUT2D eigenvalue weighted by Crippen LogP contribution is 2.29. The molecule has 0 bridgehead atoms. The van der Waals surface area contributed by atoms with Crippen molar-refractivity contribution >= 4 is 16.7 Å². The van der Waals surface area contributed by atoms with Crippen LogP contribution in [0.25, 0.3) is 10.8 Å². The second-order valence-electron chi connectivity index (χ2n) is 5.35. The lowest BCUT2D eigenvalue weighted by Crippen LogP contribution is -2.38. The molecule has 0 fully saturated rings. The first-order chi connectivity index (χ1) is 9.04. The van der Waals surface area contributed by atoms with E-state index in [1.54, 1.807) is 0 Å². The molecule has 3 heteroatoms. The van der Waals surface area contributed by atoms with Gasteiger partial charge in [0.25, 0.3) is 0 Å². The van der Waals surface area contributed by atoms with E-state index >= 15 is 0 Å². The van der Waals surface area contributed by atoms with E-state index in [4.69, 9.17) is 5.11 Å². The van der Waals surface area contributed by atoms with Crippen LogP contribution in [-0.4, -0.2) is 24.2 Å². The molecule has 2 aromatic rings. The number of fused-ring (bicyclic) bond motifs is 1. The van der Waals surface area contributed by atoms with Gasteiger partial charge >= 0.3 is 0 Å². The Kier molecular flexibility index (Phi) is 3.86. The van der Waals surface area contributed by atoms with Crippen molar-refractivity contribution in [1.29, 1.82) is 0 Å². The van der Waals surface area contributed by atoms with Crippen LogP contribution in [0.5, 0.6) is 0 Å². The summed E-state index contributed by atoms with van der Waals surface area (Å²) in [5.41, 5.74) is 1.01. The molecule has 0 aliphatic carbocycles. The van der Waals surface area contributed by atoms with E-state index in [9.17, 15) is 4.79 Å². The van der Waals surface area contributed by atoms with Gasteiger partial charge in [-0.1, -0.05) is 56.3 Å². The maximum atomic E-state index is 11.2. The van der Waals surface area contributed by atoms with Gasteiger partial charge in [-0.25, -0.2) is 0 Å². The van der Waals surface area contributed by atoms with Crippen molar-refractivity contribution in [2.75, 3.05) is 13.2 Å². The molecule has 0 unspecified atom stereocenters. The number of carbonyl (C=O) groups is 1. The summed E-state index contributed by atoms with van der Waals surface area (Å²) < 4.78 is 0. The topological polar surface area (TPSA) is 49.3 Å². The summed E-state index contributed by atoms with van der Waals surface area (Å²) in [6.07, 6.45) is 0. The molecule has 19 heavy (non-hydrogen) atoms. The summed E-state index contributed by atoms with van der Waals surface area (Å²) in [4.78, 5) is 11.2. The number of aliphatic hydroxyl groups is 1. The Morgan fingerprint density at radius 3 is 2.58 bits per heavy atom. The van der Waals surface area contributed by atoms with E-state index in [1.807, 2.05) is 18.2 Å². The Morgan fingerprint density at radius 2 is 1.84 bits per heavy atom. The minimum Gasteiger partial charge on any atom is -0.387 e. The van der Waals surface area contributed by atoms with E-state index in [1.165, 1.54) is 16.3 Å². The summed E-state index contributed by atoms with van der Waals surface area (Å²) in [7, 11) is 0. The fraction of sp³-hybridized carbons (Fsp3) is 0.312. The Balaban J connectivity index is 2.34. The Hall–Kier alpha value is -1.87. The summed E-state index contributed by atoms with van der Waals surface area (Å²) in [5, 5.41) is 13.9. The minimum atomic E-state index is -0.467. The number of hydrogen-bond donors (Lipinski definition) is 2. The van der Waals surface area contributed by atoms with Crippen LogP contribution in [-0.2, 0) is 10.2 Å². The number of amides is 1. The Bertz CT molecular complexity index is 585. The van der Waals surface area contributed by atoms with E-state index in [0.717, 1.165) is 0 Å². The smallest absolute Gasteiger partial charge is 0.245 e. The van der Waals surface area contributed by atoms with Gasteiger partial charge < -0.3 is 10.4 Å². The zero-order valence-corrected chi connectivity index (χ0v) is 11.3. The molecular weight excluding hydrogens is 238 g/mol. The van der Waals surface area contributed by atoms with Crippen molar-refractivity contribution in [2.24, 2.45) is 0 Å². The highest BCUT2D eigenvalue weighted by atomic mass is 16.3. The van der Waals surface area contributed by atoms with Gasteiger partial charge in [0, 0.05) is 12.0 Å². The predicted molar refractivity (Wildman–Crippen MR) is 77.1 cm³/mol. The van der Waals surface area contributed by atoms with E-state index in [2.05, 4.69) is 43.4 Å². The van der Waals surface area contributed by atoms with Gasteiger partial charge in [-0.3, -0.25) is 4.79 Å². The molecule has 0 spiro atoms. The molecule has 2 aromatic carbocycles. The quantitative estimate of drug-likeness (QED) is 0.882. The highest BCUT2D eigenvalue weighted by molar-refractivity contribution is 5.86. The summed E-state index contributed by atoms with van der Waals surface area (Å²) in [6, 6.07) is 14.4. The summed E-state index contributed by atoms with van der Waals surface area (Å²) in [6.45, 7) is 4.21. The van der Waals surface area contributed by atoms with Crippen molar-refractivity contribution in [3.05, 3.63) is 48.0 Å². The fourth-order valence-electron chi connectivity index (χ4n) is 2.29. The van der Waals surface area contributed by atoms with Crippen LogP contribution in [0, 0.1) is 0 Å². The van der Waals surface area contributed by atoms with Gasteiger partial charge in [0.05, 0.1) is 0 Å². The predicted octanol–water partition coefficient (Wildman–Crippen LogP) is 2.23. The zero-order chi connectivity index (χ0) is 13.9. The number of carbonyl (C=O) groups excluding carboxylic acids is 1. The lowest BCUT2D eigenvalue weighted by molar-refractivity contribution is -0.124. The lowest BCUT2D eigenvalue weighted by atomic mass is 9.81. The SMILES string of the molecule is CC(C)(CNC(=O)CO)c1cccc2ccccc12. The van der Waals surface area contributed by atoms with Crippen molar-refractivity contribution in [3.8, 4) is 0 Å². The number of benzene rings is 2. The normalized spacial score (nSPS) is 11.5. The third-order valence-corrected chi connectivity index (χ3v) is 3.39. The van der Waals surface area contributed by atoms with Crippen molar-refractivity contribution < 1.29 is 9.90 Å². The monoisotopic (exact) mass is 257 g/mol. The van der Waals surface area contributed by atoms with Gasteiger partial charge in [0.2, 0.25) is 5.91 Å². The standard InChI is InChI=1S/C16H19NO2/c1-16(2,11-17-15(19)10-18)14-9-5-7-12-6-3-4-8-13(12)14/h3-9,18H,10-11H2,1-2H3,(H,17,19). The van der Waals surface area contributed by atoms with Crippen LogP contribution in [0.3, 0.4) is 0 Å². The minimum absolute atomic E-state index is 0.189. The number of hydrogen-bond acceptors (Lipinski definition) is 2. The van der Waals surface area contributed by atoms with E-state index < -0.39 is 6.61 Å². The van der Waals surface area contributed by atoms with Crippen molar-refractivity contribution in [2.45, 2.75) is 19.3 Å². The van der Waals surface area contributed by atoms with Gasteiger partial charge in [0.1, 0.15) is 6.61 Å². The van der Waals surface area contributed by atoms with Gasteiger partial charge in [-0.15, -0.1) is 0 Å². The van der Waals surface area contributed by atoms with Gasteiger partial charge in [-0.2, -0.15) is 0 Å². The molecule has 0 aliphatic heterocycles. The number of nitrogens with one attached hydrogen (secondary N) is 1. The van der Waals surface area contributed by atoms with Crippen LogP contribution >= 0.6 is 0 Å². The molecule has 3 nitrogen and oxygen atoms in total. The van der Waals surface area contributed by atoms with Crippen LogP contribution in [0.1, 0.15) is 19.4 Å². The largest absolute Gasteiger partial charge is 0.387 e. The van der Waals surface area contributed by atoms with Crippen LogP contribution in [0.2, 0.25) is 0 Å². The molecule has 0 saturated heterocycles. The Morgan fingerprint density at radius 1 is 1.16 bits per heavy atom. The first-order valence-corrected chi connectivity index (χ1v) is 6.40. The van der Waals surface area contributed by atoms with Crippen molar-refractivity contribution in [3.63, 3.8) is 0 Å². The van der Waals surface area contributed by atoms with Gasteiger partial charge in [0.15, 0.2) is 0 Å². The van der Waals surface area contributed by atoms with Crippen LogP contribution in [0.15, 0.2) is 42.5 Å².